The zero-order chi connectivity index (χ0) is 13.1. The molecule has 0 bridgehead atoms. The van der Waals surface area contributed by atoms with E-state index in [4.69, 9.17) is 0 Å². The van der Waals surface area contributed by atoms with Crippen LogP contribution in [0.3, 0.4) is 0 Å². The van der Waals surface area contributed by atoms with Gasteiger partial charge in [-0.15, -0.1) is 0 Å². The van der Waals surface area contributed by atoms with Crippen molar-refractivity contribution in [3.8, 4) is 0 Å². The highest BCUT2D eigenvalue weighted by Crippen LogP contribution is 2.40. The number of pyridine rings is 1. The summed E-state index contributed by atoms with van der Waals surface area (Å²) in [5, 5.41) is 2.93. The molecule has 98 valence electrons. The van der Waals surface area contributed by atoms with Crippen LogP contribution in [0, 0.1) is 0 Å². The van der Waals surface area contributed by atoms with Crippen molar-refractivity contribution in [1.29, 1.82) is 0 Å². The maximum atomic E-state index is 12.2. The lowest BCUT2D eigenvalue weighted by atomic mass is 10.1. The Balaban J connectivity index is 1.61. The molecule has 1 amide bonds. The van der Waals surface area contributed by atoms with Gasteiger partial charge < -0.3 is 9.88 Å². The van der Waals surface area contributed by atoms with E-state index in [9.17, 15) is 4.79 Å². The Bertz CT molecular complexity index is 561. The van der Waals surface area contributed by atoms with E-state index in [1.54, 1.807) is 18.7 Å². The number of nitrogens with zero attached hydrogens (tertiary/aromatic N) is 3. The van der Waals surface area contributed by atoms with Crippen LogP contribution in [0.4, 0.5) is 0 Å². The fourth-order valence-electron chi connectivity index (χ4n) is 2.10. The van der Waals surface area contributed by atoms with Gasteiger partial charge in [0.2, 0.25) is 0 Å². The Hall–Kier alpha value is -2.17. The summed E-state index contributed by atoms with van der Waals surface area (Å²) in [6.45, 7) is 1.32. The summed E-state index contributed by atoms with van der Waals surface area (Å²) in [5.41, 5.74) is 1.67. The van der Waals surface area contributed by atoms with Crippen LogP contribution in [0.25, 0.3) is 0 Å². The summed E-state index contributed by atoms with van der Waals surface area (Å²) >= 11 is 0. The van der Waals surface area contributed by atoms with Crippen molar-refractivity contribution in [2.75, 3.05) is 6.54 Å². The van der Waals surface area contributed by atoms with Gasteiger partial charge in [0.1, 0.15) is 0 Å². The second kappa shape index (κ2) is 5.22. The van der Waals surface area contributed by atoms with Crippen molar-refractivity contribution in [2.24, 2.45) is 0 Å². The van der Waals surface area contributed by atoms with Crippen LogP contribution in [0.2, 0.25) is 0 Å². The van der Waals surface area contributed by atoms with E-state index < -0.39 is 0 Å². The van der Waals surface area contributed by atoms with Gasteiger partial charge in [0.15, 0.2) is 0 Å². The van der Waals surface area contributed by atoms with Gasteiger partial charge >= 0.3 is 0 Å². The zero-order valence-corrected chi connectivity index (χ0v) is 10.6. The van der Waals surface area contributed by atoms with Crippen LogP contribution in [0.1, 0.15) is 34.8 Å². The number of nitrogens with one attached hydrogen (secondary N) is 1. The third kappa shape index (κ3) is 2.81. The van der Waals surface area contributed by atoms with Gasteiger partial charge in [-0.3, -0.25) is 9.78 Å². The Morgan fingerprint density at radius 1 is 1.42 bits per heavy atom. The molecule has 0 radical (unpaired) electrons. The highest BCUT2D eigenvalue weighted by molar-refractivity contribution is 5.95. The number of hydrogen-bond donors (Lipinski definition) is 1. The van der Waals surface area contributed by atoms with E-state index in [-0.39, 0.29) is 5.91 Å². The molecule has 5 nitrogen and oxygen atoms in total. The quantitative estimate of drug-likeness (QED) is 0.883. The van der Waals surface area contributed by atoms with E-state index in [0.29, 0.717) is 12.5 Å². The monoisotopic (exact) mass is 256 g/mol. The summed E-state index contributed by atoms with van der Waals surface area (Å²) in [7, 11) is 0. The SMILES string of the molecule is O=C(NCCn1ccnc1)c1cccnc1C1CC1. The van der Waals surface area contributed by atoms with Crippen molar-refractivity contribution in [3.63, 3.8) is 0 Å². The lowest BCUT2D eigenvalue weighted by Crippen LogP contribution is -2.28. The first-order valence-electron chi connectivity index (χ1n) is 6.53. The minimum Gasteiger partial charge on any atom is -0.350 e. The molecule has 2 aromatic heterocycles. The van der Waals surface area contributed by atoms with Crippen molar-refractivity contribution in [3.05, 3.63) is 48.3 Å². The molecule has 0 saturated heterocycles. The van der Waals surface area contributed by atoms with Gasteiger partial charge in [0.25, 0.3) is 5.91 Å². The minimum atomic E-state index is -0.0323. The van der Waals surface area contributed by atoms with E-state index in [1.807, 2.05) is 22.9 Å². The van der Waals surface area contributed by atoms with Crippen molar-refractivity contribution in [1.82, 2.24) is 19.9 Å². The Labute approximate surface area is 111 Å². The largest absolute Gasteiger partial charge is 0.350 e. The summed E-state index contributed by atoms with van der Waals surface area (Å²) in [5.74, 6) is 0.450. The highest BCUT2D eigenvalue weighted by atomic mass is 16.1. The second-order valence-corrected chi connectivity index (χ2v) is 4.77. The molecule has 5 heteroatoms. The van der Waals surface area contributed by atoms with Gasteiger partial charge in [0.05, 0.1) is 17.6 Å². The van der Waals surface area contributed by atoms with Crippen LogP contribution in [-0.2, 0) is 6.54 Å². The number of imidazole rings is 1. The molecular weight excluding hydrogens is 240 g/mol. The standard InChI is InChI=1S/C14H16N4O/c19-14(17-7-9-18-8-6-15-10-18)12-2-1-5-16-13(12)11-3-4-11/h1-2,5-6,8,10-11H,3-4,7,9H2,(H,17,19). The van der Waals surface area contributed by atoms with Gasteiger partial charge in [-0.1, -0.05) is 0 Å². The fraction of sp³-hybridized carbons (Fsp3) is 0.357. The van der Waals surface area contributed by atoms with Crippen molar-refractivity contribution < 1.29 is 4.79 Å². The Morgan fingerprint density at radius 3 is 3.05 bits per heavy atom. The van der Waals surface area contributed by atoms with E-state index in [1.165, 1.54) is 0 Å². The summed E-state index contributed by atoms with van der Waals surface area (Å²) < 4.78 is 1.94. The summed E-state index contributed by atoms with van der Waals surface area (Å²) in [6.07, 6.45) is 9.40. The normalized spacial score (nSPS) is 14.3. The molecule has 3 rings (SSSR count). The zero-order valence-electron chi connectivity index (χ0n) is 10.6. The van der Waals surface area contributed by atoms with Crippen LogP contribution in [0.15, 0.2) is 37.1 Å². The highest BCUT2D eigenvalue weighted by Gasteiger charge is 2.29. The Morgan fingerprint density at radius 2 is 2.32 bits per heavy atom. The van der Waals surface area contributed by atoms with E-state index in [0.717, 1.165) is 30.6 Å². The smallest absolute Gasteiger partial charge is 0.253 e. The van der Waals surface area contributed by atoms with Gasteiger partial charge in [-0.2, -0.15) is 0 Å². The maximum absolute atomic E-state index is 12.2. The number of hydrogen-bond acceptors (Lipinski definition) is 3. The van der Waals surface area contributed by atoms with Gasteiger partial charge in [0, 0.05) is 37.6 Å². The van der Waals surface area contributed by atoms with E-state index in [2.05, 4.69) is 15.3 Å². The summed E-state index contributed by atoms with van der Waals surface area (Å²) in [6, 6.07) is 3.67. The number of rotatable bonds is 5. The molecule has 0 aliphatic heterocycles. The molecule has 1 saturated carbocycles. The number of carbonyl (C=O) groups is 1. The van der Waals surface area contributed by atoms with Crippen LogP contribution < -0.4 is 5.32 Å². The van der Waals surface area contributed by atoms with Gasteiger partial charge in [-0.05, 0) is 25.0 Å². The predicted octanol–water partition coefficient (Wildman–Crippen LogP) is 1.59. The number of aromatic nitrogens is 3. The second-order valence-electron chi connectivity index (χ2n) is 4.77. The van der Waals surface area contributed by atoms with E-state index >= 15 is 0 Å². The molecule has 0 spiro atoms. The predicted molar refractivity (Wildman–Crippen MR) is 70.8 cm³/mol. The molecule has 2 heterocycles. The molecule has 2 aromatic rings. The third-order valence-electron chi connectivity index (χ3n) is 3.26. The number of amides is 1. The molecule has 0 aromatic carbocycles. The molecule has 19 heavy (non-hydrogen) atoms. The van der Waals surface area contributed by atoms with Gasteiger partial charge in [-0.25, -0.2) is 4.98 Å². The van der Waals surface area contributed by atoms with Crippen LogP contribution in [0.5, 0.6) is 0 Å². The van der Waals surface area contributed by atoms with Crippen LogP contribution >= 0.6 is 0 Å². The Kier molecular flexibility index (Phi) is 3.27. The average Bonchev–Trinajstić information content (AvgIpc) is 3.16. The lowest BCUT2D eigenvalue weighted by molar-refractivity contribution is 0.0951. The first-order chi connectivity index (χ1) is 9.34. The first kappa shape index (κ1) is 11.9. The van der Waals surface area contributed by atoms with Crippen molar-refractivity contribution >= 4 is 5.91 Å². The average molecular weight is 256 g/mol. The molecule has 0 unspecified atom stereocenters. The molecular formula is C14H16N4O. The molecule has 1 aliphatic carbocycles. The molecule has 1 N–H and O–H groups in total. The maximum Gasteiger partial charge on any atom is 0.253 e. The fourth-order valence-corrected chi connectivity index (χ4v) is 2.10. The topological polar surface area (TPSA) is 59.8 Å². The molecule has 0 atom stereocenters. The minimum absolute atomic E-state index is 0.0323. The lowest BCUT2D eigenvalue weighted by Gasteiger charge is -2.09. The number of carbonyl (C=O) groups excluding carboxylic acids is 1. The van der Waals surface area contributed by atoms with Crippen LogP contribution in [-0.4, -0.2) is 27.0 Å². The summed E-state index contributed by atoms with van der Waals surface area (Å²) in [4.78, 5) is 20.5. The first-order valence-corrected chi connectivity index (χ1v) is 6.53. The molecule has 1 aliphatic rings. The van der Waals surface area contributed by atoms with Crippen molar-refractivity contribution in [2.45, 2.75) is 25.3 Å². The third-order valence-corrected chi connectivity index (χ3v) is 3.26. The molecule has 1 fully saturated rings.